The van der Waals surface area contributed by atoms with Gasteiger partial charge in [-0.25, -0.2) is 0 Å². The molecule has 2 rings (SSSR count). The monoisotopic (exact) mass is 254 g/mol. The Balaban J connectivity index is 2.03. The maximum atomic E-state index is 12.4. The van der Waals surface area contributed by atoms with Crippen LogP contribution in [-0.2, 0) is 9.59 Å². The van der Waals surface area contributed by atoms with Crippen LogP contribution in [0.1, 0.15) is 20.8 Å². The van der Waals surface area contributed by atoms with Gasteiger partial charge < -0.3 is 14.9 Å². The van der Waals surface area contributed by atoms with Crippen LogP contribution in [0.2, 0.25) is 0 Å². The molecule has 1 heterocycles. The van der Waals surface area contributed by atoms with Gasteiger partial charge in [-0.15, -0.1) is 0 Å². The smallest absolute Gasteiger partial charge is 0.307 e. The Morgan fingerprint density at radius 3 is 2.28 bits per heavy atom. The summed E-state index contributed by atoms with van der Waals surface area (Å²) in [6, 6.07) is 0.341. The third-order valence-electron chi connectivity index (χ3n) is 4.63. The van der Waals surface area contributed by atoms with Crippen molar-refractivity contribution in [3.8, 4) is 0 Å². The first-order chi connectivity index (χ1) is 8.26. The number of hydrogen-bond acceptors (Lipinski definition) is 3. The molecule has 1 aliphatic heterocycles. The molecule has 102 valence electrons. The van der Waals surface area contributed by atoms with Gasteiger partial charge in [-0.05, 0) is 19.4 Å². The Morgan fingerprint density at radius 1 is 1.22 bits per heavy atom. The number of carbonyl (C=O) groups is 2. The van der Waals surface area contributed by atoms with Crippen molar-refractivity contribution in [2.75, 3.05) is 26.7 Å². The van der Waals surface area contributed by atoms with E-state index in [0.717, 1.165) is 6.54 Å². The topological polar surface area (TPSA) is 60.9 Å². The summed E-state index contributed by atoms with van der Waals surface area (Å²) in [5, 5.41) is 9.12. The van der Waals surface area contributed by atoms with Crippen molar-refractivity contribution >= 4 is 11.9 Å². The van der Waals surface area contributed by atoms with Crippen LogP contribution in [0.5, 0.6) is 0 Å². The SMILES string of the molecule is CC1CN(C(=O)C2C(C(=O)O)C2(C)C)CCN1C. The standard InChI is InChI=1S/C13H22N2O3/c1-8-7-15(6-5-14(8)4)11(16)9-10(12(17)18)13(9,2)3/h8-10H,5-7H2,1-4H3,(H,17,18). The van der Waals surface area contributed by atoms with Crippen molar-refractivity contribution in [3.05, 3.63) is 0 Å². The van der Waals surface area contributed by atoms with Crippen LogP contribution in [0.3, 0.4) is 0 Å². The maximum absolute atomic E-state index is 12.4. The van der Waals surface area contributed by atoms with Gasteiger partial charge in [0.15, 0.2) is 0 Å². The lowest BCUT2D eigenvalue weighted by Crippen LogP contribution is -2.52. The van der Waals surface area contributed by atoms with Gasteiger partial charge in [-0.1, -0.05) is 13.8 Å². The molecular formula is C13H22N2O3. The molecule has 3 atom stereocenters. The first-order valence-corrected chi connectivity index (χ1v) is 6.48. The van der Waals surface area contributed by atoms with E-state index in [9.17, 15) is 9.59 Å². The van der Waals surface area contributed by atoms with Gasteiger partial charge in [0.05, 0.1) is 11.8 Å². The molecule has 0 aromatic carbocycles. The normalized spacial score (nSPS) is 35.3. The number of carboxylic acid groups (broad SMARTS) is 1. The molecular weight excluding hydrogens is 232 g/mol. The number of likely N-dealkylation sites (N-methyl/N-ethyl adjacent to an activating group) is 1. The van der Waals surface area contributed by atoms with Gasteiger partial charge in [-0.3, -0.25) is 9.59 Å². The average Bonchev–Trinajstić information content (AvgIpc) is 2.85. The molecule has 1 saturated heterocycles. The quantitative estimate of drug-likeness (QED) is 0.780. The van der Waals surface area contributed by atoms with Crippen LogP contribution in [0.4, 0.5) is 0 Å². The summed E-state index contributed by atoms with van der Waals surface area (Å²) < 4.78 is 0. The zero-order chi connectivity index (χ0) is 13.7. The molecule has 0 spiro atoms. The Kier molecular flexibility index (Phi) is 3.13. The van der Waals surface area contributed by atoms with Crippen LogP contribution < -0.4 is 0 Å². The highest BCUT2D eigenvalue weighted by Crippen LogP contribution is 2.59. The highest BCUT2D eigenvalue weighted by molar-refractivity contribution is 5.91. The van der Waals surface area contributed by atoms with Crippen LogP contribution >= 0.6 is 0 Å². The summed E-state index contributed by atoms with van der Waals surface area (Å²) >= 11 is 0. The first-order valence-electron chi connectivity index (χ1n) is 6.48. The molecule has 1 saturated carbocycles. The fourth-order valence-electron chi connectivity index (χ4n) is 3.00. The van der Waals surface area contributed by atoms with Crippen molar-refractivity contribution in [3.63, 3.8) is 0 Å². The van der Waals surface area contributed by atoms with Crippen molar-refractivity contribution < 1.29 is 14.7 Å². The van der Waals surface area contributed by atoms with E-state index in [1.807, 2.05) is 25.8 Å². The molecule has 1 N–H and O–H groups in total. The molecule has 2 fully saturated rings. The lowest BCUT2D eigenvalue weighted by atomic mass is 10.1. The number of piperazine rings is 1. The summed E-state index contributed by atoms with van der Waals surface area (Å²) in [5.74, 6) is -1.68. The predicted octanol–water partition coefficient (Wildman–Crippen LogP) is 0.506. The zero-order valence-corrected chi connectivity index (χ0v) is 11.5. The van der Waals surface area contributed by atoms with Gasteiger partial charge in [0.25, 0.3) is 0 Å². The highest BCUT2D eigenvalue weighted by Gasteiger charge is 2.66. The Bertz CT molecular complexity index is 380. The maximum Gasteiger partial charge on any atom is 0.307 e. The van der Waals surface area contributed by atoms with Gasteiger partial charge in [-0.2, -0.15) is 0 Å². The summed E-state index contributed by atoms with van der Waals surface area (Å²) in [6.07, 6.45) is 0. The first kappa shape index (κ1) is 13.3. The fraction of sp³-hybridized carbons (Fsp3) is 0.846. The lowest BCUT2D eigenvalue weighted by Gasteiger charge is -2.38. The van der Waals surface area contributed by atoms with Crippen LogP contribution in [0.15, 0.2) is 0 Å². The van der Waals surface area contributed by atoms with Gasteiger partial charge in [0.2, 0.25) is 5.91 Å². The molecule has 1 amide bonds. The number of rotatable bonds is 2. The van der Waals surface area contributed by atoms with E-state index in [2.05, 4.69) is 11.8 Å². The molecule has 2 aliphatic rings. The Labute approximate surface area is 108 Å². The molecule has 5 heteroatoms. The minimum absolute atomic E-state index is 0.0207. The largest absolute Gasteiger partial charge is 0.481 e. The van der Waals surface area contributed by atoms with Crippen molar-refractivity contribution in [1.82, 2.24) is 9.80 Å². The van der Waals surface area contributed by atoms with Crippen molar-refractivity contribution in [2.45, 2.75) is 26.8 Å². The summed E-state index contributed by atoms with van der Waals surface area (Å²) in [5.41, 5.74) is -0.393. The molecule has 5 nitrogen and oxygen atoms in total. The van der Waals surface area contributed by atoms with Gasteiger partial charge in [0, 0.05) is 25.7 Å². The van der Waals surface area contributed by atoms with Crippen LogP contribution in [-0.4, -0.2) is 59.5 Å². The molecule has 0 aromatic heterocycles. The van der Waals surface area contributed by atoms with E-state index in [1.54, 1.807) is 0 Å². The number of carbonyl (C=O) groups excluding carboxylic acids is 1. The average molecular weight is 254 g/mol. The second-order valence-corrected chi connectivity index (χ2v) is 6.23. The van der Waals surface area contributed by atoms with E-state index >= 15 is 0 Å². The molecule has 1 aliphatic carbocycles. The fourth-order valence-corrected chi connectivity index (χ4v) is 3.00. The van der Waals surface area contributed by atoms with Gasteiger partial charge >= 0.3 is 5.97 Å². The van der Waals surface area contributed by atoms with Crippen molar-refractivity contribution in [2.24, 2.45) is 17.3 Å². The van der Waals surface area contributed by atoms with Crippen LogP contribution in [0.25, 0.3) is 0 Å². The summed E-state index contributed by atoms with van der Waals surface area (Å²) in [4.78, 5) is 27.6. The third kappa shape index (κ3) is 2.00. The minimum Gasteiger partial charge on any atom is -0.481 e. The number of carboxylic acids is 1. The van der Waals surface area contributed by atoms with E-state index in [0.29, 0.717) is 19.1 Å². The third-order valence-corrected chi connectivity index (χ3v) is 4.63. The zero-order valence-electron chi connectivity index (χ0n) is 11.5. The predicted molar refractivity (Wildman–Crippen MR) is 67.1 cm³/mol. The van der Waals surface area contributed by atoms with Crippen LogP contribution in [0, 0.1) is 17.3 Å². The number of nitrogens with zero attached hydrogens (tertiary/aromatic N) is 2. The summed E-state index contributed by atoms with van der Waals surface area (Å²) in [6.45, 7) is 8.10. The van der Waals surface area contributed by atoms with Crippen molar-refractivity contribution in [1.29, 1.82) is 0 Å². The Morgan fingerprint density at radius 2 is 1.83 bits per heavy atom. The molecule has 0 radical (unpaired) electrons. The molecule has 18 heavy (non-hydrogen) atoms. The molecule has 3 unspecified atom stereocenters. The van der Waals surface area contributed by atoms with Gasteiger partial charge in [0.1, 0.15) is 0 Å². The minimum atomic E-state index is -0.847. The number of aliphatic carboxylic acids is 1. The van der Waals surface area contributed by atoms with E-state index < -0.39 is 17.3 Å². The second kappa shape index (κ2) is 4.23. The lowest BCUT2D eigenvalue weighted by molar-refractivity contribution is -0.142. The van der Waals surface area contributed by atoms with E-state index in [1.165, 1.54) is 0 Å². The van der Waals surface area contributed by atoms with E-state index in [4.69, 9.17) is 5.11 Å². The summed E-state index contributed by atoms with van der Waals surface area (Å²) in [7, 11) is 2.05. The second-order valence-electron chi connectivity index (χ2n) is 6.23. The molecule has 0 aromatic rings. The van der Waals surface area contributed by atoms with E-state index in [-0.39, 0.29) is 11.8 Å². The number of hydrogen-bond donors (Lipinski definition) is 1. The Hall–Kier alpha value is -1.10. The molecule has 0 bridgehead atoms. The number of amides is 1. The highest BCUT2D eigenvalue weighted by atomic mass is 16.4.